The molecule has 3 atom stereocenters. The predicted molar refractivity (Wildman–Crippen MR) is 149 cm³/mol. The summed E-state index contributed by atoms with van der Waals surface area (Å²) in [6.45, 7) is 18.6. The normalized spacial score (nSPS) is 14.2. The van der Waals surface area contributed by atoms with Crippen molar-refractivity contribution in [1.29, 1.82) is 0 Å². The molecule has 214 valence electrons. The van der Waals surface area contributed by atoms with Gasteiger partial charge in [0.2, 0.25) is 17.7 Å². The number of carbonyl (C=O) groups excluding carboxylic acids is 4. The van der Waals surface area contributed by atoms with Gasteiger partial charge in [0.1, 0.15) is 17.7 Å². The van der Waals surface area contributed by atoms with Gasteiger partial charge in [-0.1, -0.05) is 49.6 Å². The molecule has 38 heavy (non-hydrogen) atoms. The molecule has 0 radical (unpaired) electrons. The lowest BCUT2D eigenvalue weighted by atomic mass is 9.90. The molecule has 1 aromatic rings. The predicted octanol–water partition coefficient (Wildman–Crippen LogP) is 4.44. The third-order valence-corrected chi connectivity index (χ3v) is 6.33. The summed E-state index contributed by atoms with van der Waals surface area (Å²) in [4.78, 5) is 54.3. The zero-order valence-electron chi connectivity index (χ0n) is 24.9. The number of nitrogens with two attached hydrogens (primary N) is 1. The van der Waals surface area contributed by atoms with Crippen LogP contribution in [0.1, 0.15) is 104 Å². The highest BCUT2D eigenvalue weighted by Crippen LogP contribution is 2.33. The van der Waals surface area contributed by atoms with Crippen molar-refractivity contribution >= 4 is 23.8 Å². The van der Waals surface area contributed by atoms with Crippen molar-refractivity contribution in [1.82, 2.24) is 15.5 Å². The molecule has 0 saturated carbocycles. The van der Waals surface area contributed by atoms with Crippen LogP contribution in [0.25, 0.3) is 0 Å². The van der Waals surface area contributed by atoms with Crippen LogP contribution in [0.4, 0.5) is 4.79 Å². The van der Waals surface area contributed by atoms with Crippen molar-refractivity contribution in [2.24, 2.45) is 5.73 Å². The number of alkyl carbamates (subject to hydrolysis) is 1. The van der Waals surface area contributed by atoms with Crippen molar-refractivity contribution in [2.45, 2.75) is 124 Å². The number of benzene rings is 1. The van der Waals surface area contributed by atoms with E-state index >= 15 is 0 Å². The Morgan fingerprint density at radius 3 is 1.97 bits per heavy atom. The van der Waals surface area contributed by atoms with Gasteiger partial charge in [-0.2, -0.15) is 0 Å². The van der Waals surface area contributed by atoms with Crippen LogP contribution in [0.2, 0.25) is 0 Å². The lowest BCUT2D eigenvalue weighted by Gasteiger charge is -2.45. The molecule has 0 aliphatic carbocycles. The van der Waals surface area contributed by atoms with Crippen LogP contribution in [0.15, 0.2) is 18.2 Å². The van der Waals surface area contributed by atoms with E-state index in [1.807, 2.05) is 66.7 Å². The molecule has 9 nitrogen and oxygen atoms in total. The minimum absolute atomic E-state index is 0.107. The maximum atomic E-state index is 14.3. The minimum Gasteiger partial charge on any atom is -0.444 e. The molecule has 9 heteroatoms. The van der Waals surface area contributed by atoms with E-state index < -0.39 is 47.6 Å². The summed E-state index contributed by atoms with van der Waals surface area (Å²) in [6, 6.07) is 3.34. The van der Waals surface area contributed by atoms with E-state index in [1.165, 1.54) is 4.90 Å². The number of aryl methyl sites for hydroxylation is 2. The number of carbonyl (C=O) groups is 4. The minimum atomic E-state index is -1.32. The van der Waals surface area contributed by atoms with Gasteiger partial charge in [0.15, 0.2) is 0 Å². The molecule has 1 aromatic carbocycles. The fourth-order valence-electron chi connectivity index (χ4n) is 4.38. The number of hydrogen-bond donors (Lipinski definition) is 3. The lowest BCUT2D eigenvalue weighted by molar-refractivity contribution is -0.150. The first-order valence-corrected chi connectivity index (χ1v) is 13.4. The summed E-state index contributed by atoms with van der Waals surface area (Å²) >= 11 is 0. The van der Waals surface area contributed by atoms with E-state index in [-0.39, 0.29) is 11.9 Å². The molecule has 0 saturated heterocycles. The van der Waals surface area contributed by atoms with E-state index in [9.17, 15) is 19.2 Å². The molecular weight excluding hydrogens is 484 g/mol. The van der Waals surface area contributed by atoms with Gasteiger partial charge in [-0.15, -0.1) is 0 Å². The van der Waals surface area contributed by atoms with Crippen LogP contribution in [0, 0.1) is 13.8 Å². The van der Waals surface area contributed by atoms with E-state index in [2.05, 4.69) is 10.6 Å². The molecule has 1 rings (SSSR count). The highest BCUT2D eigenvalue weighted by molar-refractivity contribution is 5.95. The van der Waals surface area contributed by atoms with Crippen molar-refractivity contribution < 1.29 is 23.9 Å². The topological polar surface area (TPSA) is 131 Å². The quantitative estimate of drug-likeness (QED) is 0.366. The summed E-state index contributed by atoms with van der Waals surface area (Å²) < 4.78 is 5.34. The van der Waals surface area contributed by atoms with Crippen LogP contribution in [-0.2, 0) is 19.1 Å². The molecular formula is C29H48N4O5. The number of nitrogens with one attached hydrogen (secondary N) is 2. The zero-order valence-corrected chi connectivity index (χ0v) is 24.9. The molecule has 0 aliphatic rings. The van der Waals surface area contributed by atoms with Crippen LogP contribution < -0.4 is 16.4 Å². The van der Waals surface area contributed by atoms with Gasteiger partial charge in [0, 0.05) is 11.6 Å². The first kappa shape index (κ1) is 32.9. The van der Waals surface area contributed by atoms with E-state index in [4.69, 9.17) is 10.5 Å². The van der Waals surface area contributed by atoms with Crippen molar-refractivity contribution in [3.63, 3.8) is 0 Å². The third-order valence-electron chi connectivity index (χ3n) is 6.33. The van der Waals surface area contributed by atoms with Crippen molar-refractivity contribution in [3.8, 4) is 0 Å². The maximum Gasteiger partial charge on any atom is 0.408 e. The van der Waals surface area contributed by atoms with Crippen molar-refractivity contribution in [3.05, 3.63) is 34.9 Å². The number of nitrogens with zero attached hydrogens (tertiary/aromatic N) is 1. The Morgan fingerprint density at radius 1 is 0.974 bits per heavy atom. The Hall–Kier alpha value is -3.10. The zero-order chi connectivity index (χ0) is 29.4. The molecule has 3 unspecified atom stereocenters. The molecule has 4 N–H and O–H groups in total. The average Bonchev–Trinajstić information content (AvgIpc) is 2.73. The number of rotatable bonds is 12. The number of ether oxygens (including phenoxy) is 1. The third kappa shape index (κ3) is 9.99. The van der Waals surface area contributed by atoms with E-state index in [0.717, 1.165) is 24.0 Å². The molecule has 0 heterocycles. The van der Waals surface area contributed by atoms with E-state index in [1.54, 1.807) is 20.8 Å². The van der Waals surface area contributed by atoms with Gasteiger partial charge in [0.25, 0.3) is 0 Å². The molecule has 0 aliphatic heterocycles. The van der Waals surface area contributed by atoms with Crippen molar-refractivity contribution in [2.75, 3.05) is 0 Å². The van der Waals surface area contributed by atoms with Gasteiger partial charge < -0.3 is 26.0 Å². The number of primary amides is 1. The largest absolute Gasteiger partial charge is 0.444 e. The van der Waals surface area contributed by atoms with Gasteiger partial charge in [0.05, 0.1) is 6.42 Å². The summed E-state index contributed by atoms with van der Waals surface area (Å²) in [5.41, 5.74) is 6.38. The monoisotopic (exact) mass is 532 g/mol. The molecule has 0 fully saturated rings. The summed E-state index contributed by atoms with van der Waals surface area (Å²) in [6.07, 6.45) is 0.880. The summed E-state index contributed by atoms with van der Waals surface area (Å²) in [7, 11) is 0. The highest BCUT2D eigenvalue weighted by atomic mass is 16.6. The molecule has 0 aromatic heterocycles. The summed E-state index contributed by atoms with van der Waals surface area (Å²) in [5, 5.41) is 5.59. The van der Waals surface area contributed by atoms with Gasteiger partial charge in [-0.05, 0) is 73.8 Å². The second-order valence-electron chi connectivity index (χ2n) is 11.8. The van der Waals surface area contributed by atoms with Crippen LogP contribution in [0.5, 0.6) is 0 Å². The van der Waals surface area contributed by atoms with Crippen LogP contribution >= 0.6 is 0 Å². The first-order valence-electron chi connectivity index (χ1n) is 13.4. The van der Waals surface area contributed by atoms with E-state index in [0.29, 0.717) is 12.0 Å². The molecule has 0 spiro atoms. The number of hydrogen-bond acceptors (Lipinski definition) is 5. The Balaban J connectivity index is 3.73. The molecule has 0 bridgehead atoms. The Labute approximate surface area is 228 Å². The Kier molecular flexibility index (Phi) is 11.8. The van der Waals surface area contributed by atoms with Gasteiger partial charge in [-0.25, -0.2) is 4.79 Å². The number of amides is 4. The average molecular weight is 533 g/mol. The second-order valence-corrected chi connectivity index (χ2v) is 11.8. The fourth-order valence-corrected chi connectivity index (χ4v) is 4.38. The lowest BCUT2D eigenvalue weighted by Crippen LogP contribution is -2.60. The smallest absolute Gasteiger partial charge is 0.408 e. The summed E-state index contributed by atoms with van der Waals surface area (Å²) in [5.74, 6) is -1.69. The van der Waals surface area contributed by atoms with Gasteiger partial charge >= 0.3 is 6.09 Å². The standard InChI is InChI=1S/C29H48N4O5/c1-11-13-20(5)31-25(35)24(21-15-18(3)14-19(4)16-21)33(29(9,10)12-2)26(36)22(17-23(30)34)32-27(37)38-28(6,7)8/h14-16,20,22,24H,11-13,17H2,1-10H3,(H2,30,34)(H,31,35)(H,32,37). The molecule has 4 amide bonds. The SMILES string of the molecule is CCCC(C)NC(=O)C(c1cc(C)cc(C)c1)N(C(=O)C(CC(N)=O)NC(=O)OC(C)(C)C)C(C)(C)CC. The fraction of sp³-hybridized carbons (Fsp3) is 0.655. The van der Waals surface area contributed by atoms with Crippen LogP contribution in [-0.4, -0.2) is 51.9 Å². The highest BCUT2D eigenvalue weighted by Gasteiger charge is 2.43. The van der Waals surface area contributed by atoms with Crippen LogP contribution in [0.3, 0.4) is 0 Å². The first-order chi connectivity index (χ1) is 17.4. The second kappa shape index (κ2) is 13.6. The maximum absolute atomic E-state index is 14.3. The Morgan fingerprint density at radius 2 is 1.53 bits per heavy atom. The van der Waals surface area contributed by atoms with Gasteiger partial charge in [-0.3, -0.25) is 14.4 Å². The Bertz CT molecular complexity index is 979.